The van der Waals surface area contributed by atoms with Crippen molar-refractivity contribution in [3.63, 3.8) is 0 Å². The molecular weight excluding hydrogens is 355 g/mol. The van der Waals surface area contributed by atoms with Crippen molar-refractivity contribution in [1.82, 2.24) is 20.3 Å². The van der Waals surface area contributed by atoms with Crippen LogP contribution >= 0.6 is 11.6 Å². The van der Waals surface area contributed by atoms with Crippen LogP contribution in [0.4, 0.5) is 4.39 Å². The third kappa shape index (κ3) is 2.82. The first kappa shape index (κ1) is 16.6. The lowest BCUT2D eigenvalue weighted by atomic mass is 9.99. The number of carbonyl (C=O) groups is 1. The average molecular weight is 369 g/mol. The van der Waals surface area contributed by atoms with Crippen LogP contribution in [0.3, 0.4) is 0 Å². The largest absolute Gasteiger partial charge is 0.352 e. The summed E-state index contributed by atoms with van der Waals surface area (Å²) in [6, 6.07) is 7.88. The van der Waals surface area contributed by atoms with E-state index < -0.39 is 5.82 Å². The number of nitrogens with zero attached hydrogens (tertiary/aromatic N) is 3. The Morgan fingerprint density at radius 2 is 2.00 bits per heavy atom. The molecule has 3 heterocycles. The number of pyridine rings is 1. The van der Waals surface area contributed by atoms with Gasteiger partial charge >= 0.3 is 0 Å². The van der Waals surface area contributed by atoms with Crippen molar-refractivity contribution in [3.8, 4) is 22.5 Å². The quantitative estimate of drug-likeness (QED) is 0.702. The van der Waals surface area contributed by atoms with Crippen LogP contribution in [0, 0.1) is 12.7 Å². The van der Waals surface area contributed by atoms with Gasteiger partial charge < -0.3 is 5.32 Å². The van der Waals surface area contributed by atoms with E-state index in [0.717, 1.165) is 0 Å². The van der Waals surface area contributed by atoms with Gasteiger partial charge in [-0.25, -0.2) is 19.3 Å². The van der Waals surface area contributed by atoms with E-state index in [9.17, 15) is 9.18 Å². The summed E-state index contributed by atoms with van der Waals surface area (Å²) >= 11 is 6.21. The number of nitrogens with one attached hydrogen (secondary N) is 1. The topological polar surface area (TPSA) is 67.8 Å². The zero-order chi connectivity index (χ0) is 18.3. The maximum Gasteiger partial charge on any atom is 0.254 e. The summed E-state index contributed by atoms with van der Waals surface area (Å²) in [5.74, 6) is -0.117. The summed E-state index contributed by atoms with van der Waals surface area (Å²) in [5.41, 5.74) is 3.60. The zero-order valence-corrected chi connectivity index (χ0v) is 14.6. The van der Waals surface area contributed by atoms with Gasteiger partial charge in [-0.05, 0) is 42.8 Å². The summed E-state index contributed by atoms with van der Waals surface area (Å²) in [6.07, 6.45) is 2.20. The molecule has 0 aliphatic carbocycles. The number of fused-ring (bicyclic) bond motifs is 1. The number of amides is 1. The molecule has 7 heteroatoms. The Morgan fingerprint density at radius 1 is 1.15 bits per heavy atom. The number of carbonyl (C=O) groups excluding carboxylic acids is 1. The van der Waals surface area contributed by atoms with E-state index >= 15 is 0 Å². The van der Waals surface area contributed by atoms with E-state index in [1.807, 2.05) is 0 Å². The van der Waals surface area contributed by atoms with Crippen molar-refractivity contribution in [1.29, 1.82) is 0 Å². The van der Waals surface area contributed by atoms with E-state index in [-0.39, 0.29) is 11.1 Å². The Balaban J connectivity index is 1.94. The van der Waals surface area contributed by atoms with Gasteiger partial charge in [-0.15, -0.1) is 0 Å². The van der Waals surface area contributed by atoms with Gasteiger partial charge in [0.05, 0.1) is 17.0 Å². The molecule has 1 N–H and O–H groups in total. The lowest BCUT2D eigenvalue weighted by Crippen LogP contribution is -2.33. The highest BCUT2D eigenvalue weighted by Gasteiger charge is 2.23. The van der Waals surface area contributed by atoms with Gasteiger partial charge in [0, 0.05) is 30.3 Å². The van der Waals surface area contributed by atoms with Crippen molar-refractivity contribution in [2.24, 2.45) is 0 Å². The first-order valence-corrected chi connectivity index (χ1v) is 8.49. The van der Waals surface area contributed by atoms with Crippen LogP contribution in [-0.2, 0) is 6.42 Å². The molecule has 5 nitrogen and oxygen atoms in total. The van der Waals surface area contributed by atoms with Gasteiger partial charge in [0.15, 0.2) is 5.82 Å². The van der Waals surface area contributed by atoms with E-state index in [2.05, 4.69) is 20.3 Å². The van der Waals surface area contributed by atoms with E-state index in [1.165, 1.54) is 12.1 Å². The molecule has 26 heavy (non-hydrogen) atoms. The molecule has 1 amide bonds. The smallest absolute Gasteiger partial charge is 0.254 e. The SMILES string of the molecule is Cc1nc(-c2ccc(F)cc2-c2cccnc2Cl)nc2c1C(=O)NCC2. The average Bonchev–Trinajstić information content (AvgIpc) is 2.62. The van der Waals surface area contributed by atoms with Crippen molar-refractivity contribution < 1.29 is 9.18 Å². The molecule has 1 aliphatic rings. The normalized spacial score (nSPS) is 13.3. The highest BCUT2D eigenvalue weighted by Crippen LogP contribution is 2.35. The fourth-order valence-corrected chi connectivity index (χ4v) is 3.35. The molecule has 4 rings (SSSR count). The molecule has 0 radical (unpaired) electrons. The minimum absolute atomic E-state index is 0.162. The second-order valence-electron chi connectivity index (χ2n) is 5.99. The zero-order valence-electron chi connectivity index (χ0n) is 13.9. The fourth-order valence-electron chi connectivity index (χ4n) is 3.13. The number of aryl methyl sites for hydroxylation is 1. The number of rotatable bonds is 2. The molecule has 0 atom stereocenters. The first-order chi connectivity index (χ1) is 12.5. The Morgan fingerprint density at radius 3 is 2.81 bits per heavy atom. The molecule has 1 aliphatic heterocycles. The van der Waals surface area contributed by atoms with Crippen LogP contribution in [0.15, 0.2) is 36.5 Å². The second-order valence-corrected chi connectivity index (χ2v) is 6.35. The molecule has 0 unspecified atom stereocenters. The monoisotopic (exact) mass is 368 g/mol. The number of hydrogen-bond acceptors (Lipinski definition) is 4. The first-order valence-electron chi connectivity index (χ1n) is 8.11. The van der Waals surface area contributed by atoms with Crippen LogP contribution in [0.25, 0.3) is 22.5 Å². The predicted octanol–water partition coefficient (Wildman–Crippen LogP) is 3.59. The number of benzene rings is 1. The summed E-state index contributed by atoms with van der Waals surface area (Å²) in [7, 11) is 0. The summed E-state index contributed by atoms with van der Waals surface area (Å²) in [4.78, 5) is 25.2. The predicted molar refractivity (Wildman–Crippen MR) is 96.4 cm³/mol. The van der Waals surface area contributed by atoms with Crippen molar-refractivity contribution in [2.45, 2.75) is 13.3 Å². The number of halogens is 2. The third-order valence-corrected chi connectivity index (χ3v) is 4.61. The Labute approximate surface area is 154 Å². The molecule has 0 spiro atoms. The summed E-state index contributed by atoms with van der Waals surface area (Å²) < 4.78 is 13.9. The highest BCUT2D eigenvalue weighted by atomic mass is 35.5. The van der Waals surface area contributed by atoms with Crippen LogP contribution in [0.1, 0.15) is 21.7 Å². The maximum atomic E-state index is 13.9. The minimum atomic E-state index is -0.391. The Kier molecular flexibility index (Phi) is 4.12. The van der Waals surface area contributed by atoms with E-state index in [1.54, 1.807) is 31.3 Å². The minimum Gasteiger partial charge on any atom is -0.352 e. The number of hydrogen-bond donors (Lipinski definition) is 1. The van der Waals surface area contributed by atoms with Crippen LogP contribution in [0.2, 0.25) is 5.15 Å². The lowest BCUT2D eigenvalue weighted by molar-refractivity contribution is 0.0944. The fraction of sp³-hybridized carbons (Fsp3) is 0.158. The second kappa shape index (κ2) is 6.46. The van der Waals surface area contributed by atoms with Crippen LogP contribution < -0.4 is 5.32 Å². The molecule has 0 saturated heterocycles. The van der Waals surface area contributed by atoms with Crippen molar-refractivity contribution >= 4 is 17.5 Å². The Bertz CT molecular complexity index is 1040. The molecular formula is C19H14ClFN4O. The molecule has 3 aromatic rings. The molecule has 2 aromatic heterocycles. The Hall–Kier alpha value is -2.86. The molecule has 0 fully saturated rings. The lowest BCUT2D eigenvalue weighted by Gasteiger charge is -2.19. The summed E-state index contributed by atoms with van der Waals surface area (Å²) in [5, 5.41) is 3.07. The van der Waals surface area contributed by atoms with Crippen LogP contribution in [-0.4, -0.2) is 27.4 Å². The van der Waals surface area contributed by atoms with Gasteiger partial charge in [-0.3, -0.25) is 4.79 Å². The van der Waals surface area contributed by atoms with E-state index in [4.69, 9.17) is 11.6 Å². The molecule has 0 bridgehead atoms. The molecule has 0 saturated carbocycles. The maximum absolute atomic E-state index is 13.9. The standard InChI is InChI=1S/C19H14ClFN4O/c1-10-16-15(6-8-23-19(16)26)25-18(24-10)13-5-4-11(21)9-14(13)12-3-2-7-22-17(12)20/h2-5,7,9H,6,8H2,1H3,(H,23,26). The van der Waals surface area contributed by atoms with E-state index in [0.29, 0.717) is 52.4 Å². The molecule has 1 aromatic carbocycles. The highest BCUT2D eigenvalue weighted by molar-refractivity contribution is 6.32. The molecule has 130 valence electrons. The third-order valence-electron chi connectivity index (χ3n) is 4.31. The van der Waals surface area contributed by atoms with Gasteiger partial charge in [0.1, 0.15) is 11.0 Å². The van der Waals surface area contributed by atoms with Crippen LogP contribution in [0.5, 0.6) is 0 Å². The number of aromatic nitrogens is 3. The summed E-state index contributed by atoms with van der Waals surface area (Å²) in [6.45, 7) is 2.31. The van der Waals surface area contributed by atoms with Crippen molar-refractivity contribution in [3.05, 3.63) is 64.5 Å². The van der Waals surface area contributed by atoms with Gasteiger partial charge in [0.25, 0.3) is 5.91 Å². The van der Waals surface area contributed by atoms with Crippen molar-refractivity contribution in [2.75, 3.05) is 6.54 Å². The van der Waals surface area contributed by atoms with Gasteiger partial charge in [0.2, 0.25) is 0 Å². The van der Waals surface area contributed by atoms with Gasteiger partial charge in [-0.1, -0.05) is 11.6 Å². The van der Waals surface area contributed by atoms with Gasteiger partial charge in [-0.2, -0.15) is 0 Å².